The Kier molecular flexibility index (Phi) is 6.14. The van der Waals surface area contributed by atoms with Crippen LogP contribution in [0.3, 0.4) is 0 Å². The van der Waals surface area contributed by atoms with Crippen molar-refractivity contribution in [2.24, 2.45) is 11.8 Å². The fraction of sp³-hybridized carbons (Fsp3) is 0.409. The zero-order valence-electron chi connectivity index (χ0n) is 16.4. The summed E-state index contributed by atoms with van der Waals surface area (Å²) in [5.74, 6) is -0.289. The van der Waals surface area contributed by atoms with Crippen molar-refractivity contribution in [3.05, 3.63) is 64.9 Å². The Morgan fingerprint density at radius 3 is 2.17 bits per heavy atom. The quantitative estimate of drug-likeness (QED) is 0.719. The number of nitrogens with zero attached hydrogens (tertiary/aromatic N) is 1. The standard InChI is InChI=1S/C22H24ClFN2O3S/c23-18-5-3-16(4-6-18)21(15-1-2-15)25-22(27)17-11-13-26(14-12-17)30(28,29)20-9-7-19(24)8-10-20/h3-10,15,17,21H,1-2,11-14H2,(H,25,27)/t21-/m1/s1. The summed E-state index contributed by atoms with van der Waals surface area (Å²) in [7, 11) is -3.68. The third-order valence-corrected chi connectivity index (χ3v) is 8.06. The molecule has 4 rings (SSSR count). The maximum absolute atomic E-state index is 13.1. The fourth-order valence-electron chi connectivity index (χ4n) is 3.96. The molecular formula is C22H24ClFN2O3S. The SMILES string of the molecule is O=C(N[C@@H](c1ccc(Cl)cc1)C1CC1)C1CCN(S(=O)(=O)c2ccc(F)cc2)CC1. The van der Waals surface area contributed by atoms with Crippen molar-refractivity contribution in [1.29, 1.82) is 0 Å². The molecule has 0 bridgehead atoms. The van der Waals surface area contributed by atoms with E-state index >= 15 is 0 Å². The van der Waals surface area contributed by atoms with Crippen LogP contribution in [0, 0.1) is 17.7 Å². The summed E-state index contributed by atoms with van der Waals surface area (Å²) in [5.41, 5.74) is 1.05. The highest BCUT2D eigenvalue weighted by Gasteiger charge is 2.37. The molecule has 2 aromatic rings. The average Bonchev–Trinajstić information content (AvgIpc) is 3.58. The predicted molar refractivity (Wildman–Crippen MR) is 113 cm³/mol. The number of hydrogen-bond acceptors (Lipinski definition) is 3. The van der Waals surface area contributed by atoms with E-state index in [-0.39, 0.29) is 35.9 Å². The Morgan fingerprint density at radius 1 is 1.00 bits per heavy atom. The molecule has 0 aromatic heterocycles. The molecule has 1 heterocycles. The van der Waals surface area contributed by atoms with Gasteiger partial charge in [-0.2, -0.15) is 4.31 Å². The van der Waals surface area contributed by atoms with Gasteiger partial charge in [-0.05, 0) is 73.6 Å². The number of carbonyl (C=O) groups excluding carboxylic acids is 1. The number of amides is 1. The molecule has 1 aliphatic heterocycles. The minimum Gasteiger partial charge on any atom is -0.349 e. The molecule has 1 saturated heterocycles. The van der Waals surface area contributed by atoms with Gasteiger partial charge >= 0.3 is 0 Å². The number of hydrogen-bond donors (Lipinski definition) is 1. The fourth-order valence-corrected chi connectivity index (χ4v) is 5.55. The minimum absolute atomic E-state index is 0.0271. The summed E-state index contributed by atoms with van der Waals surface area (Å²) < 4.78 is 40.0. The number of benzene rings is 2. The lowest BCUT2D eigenvalue weighted by Crippen LogP contribution is -2.43. The second-order valence-electron chi connectivity index (χ2n) is 8.01. The molecule has 2 aromatic carbocycles. The van der Waals surface area contributed by atoms with E-state index in [0.717, 1.165) is 30.5 Å². The highest BCUT2D eigenvalue weighted by molar-refractivity contribution is 7.89. The van der Waals surface area contributed by atoms with Crippen LogP contribution in [0.4, 0.5) is 4.39 Å². The van der Waals surface area contributed by atoms with Gasteiger partial charge in [0.15, 0.2) is 0 Å². The van der Waals surface area contributed by atoms with Crippen molar-refractivity contribution < 1.29 is 17.6 Å². The summed E-state index contributed by atoms with van der Waals surface area (Å²) in [6, 6.07) is 12.4. The number of sulfonamides is 1. The van der Waals surface area contributed by atoms with Crippen LogP contribution in [0.25, 0.3) is 0 Å². The first kappa shape index (κ1) is 21.3. The molecule has 5 nitrogen and oxygen atoms in total. The van der Waals surface area contributed by atoms with Gasteiger partial charge in [0.25, 0.3) is 0 Å². The number of halogens is 2. The summed E-state index contributed by atoms with van der Waals surface area (Å²) in [6.45, 7) is 0.541. The molecule has 160 valence electrons. The molecule has 1 amide bonds. The molecular weight excluding hydrogens is 427 g/mol. The maximum atomic E-state index is 13.1. The smallest absolute Gasteiger partial charge is 0.243 e. The predicted octanol–water partition coefficient (Wildman–Crippen LogP) is 4.15. The number of piperidine rings is 1. The van der Waals surface area contributed by atoms with Gasteiger partial charge in [-0.1, -0.05) is 23.7 Å². The topological polar surface area (TPSA) is 66.5 Å². The van der Waals surface area contributed by atoms with Crippen molar-refractivity contribution >= 4 is 27.5 Å². The van der Waals surface area contributed by atoms with Crippen LogP contribution in [0.2, 0.25) is 5.02 Å². The Bertz CT molecular complexity index is 1000. The van der Waals surface area contributed by atoms with Gasteiger partial charge < -0.3 is 5.32 Å². The highest BCUT2D eigenvalue weighted by atomic mass is 35.5. The molecule has 1 N–H and O–H groups in total. The molecule has 30 heavy (non-hydrogen) atoms. The third-order valence-electron chi connectivity index (χ3n) is 5.90. The van der Waals surface area contributed by atoms with Crippen LogP contribution >= 0.6 is 11.6 Å². The molecule has 8 heteroatoms. The lowest BCUT2D eigenvalue weighted by molar-refractivity contribution is -0.127. The van der Waals surface area contributed by atoms with E-state index in [4.69, 9.17) is 11.6 Å². The van der Waals surface area contributed by atoms with Gasteiger partial charge in [0.1, 0.15) is 5.82 Å². The van der Waals surface area contributed by atoms with Crippen molar-refractivity contribution in [3.63, 3.8) is 0 Å². The third kappa shape index (κ3) is 4.68. The Morgan fingerprint density at radius 2 is 1.60 bits per heavy atom. The van der Waals surface area contributed by atoms with Crippen LogP contribution in [-0.4, -0.2) is 31.7 Å². The van der Waals surface area contributed by atoms with Crippen molar-refractivity contribution in [2.45, 2.75) is 36.6 Å². The number of rotatable bonds is 6. The van der Waals surface area contributed by atoms with E-state index in [1.807, 2.05) is 24.3 Å². The Labute approximate surface area is 181 Å². The summed E-state index contributed by atoms with van der Waals surface area (Å²) in [5, 5.41) is 3.85. The average molecular weight is 451 g/mol. The minimum atomic E-state index is -3.68. The van der Waals surface area contributed by atoms with E-state index in [1.165, 1.54) is 16.4 Å². The van der Waals surface area contributed by atoms with Gasteiger partial charge in [-0.15, -0.1) is 0 Å². The van der Waals surface area contributed by atoms with Crippen LogP contribution in [0.1, 0.15) is 37.3 Å². The normalized spacial score (nSPS) is 19.4. The molecule has 1 aliphatic carbocycles. The van der Waals surface area contributed by atoms with E-state index < -0.39 is 15.8 Å². The van der Waals surface area contributed by atoms with Crippen LogP contribution < -0.4 is 5.32 Å². The van der Waals surface area contributed by atoms with Crippen LogP contribution in [0.5, 0.6) is 0 Å². The van der Waals surface area contributed by atoms with E-state index in [2.05, 4.69) is 5.32 Å². The van der Waals surface area contributed by atoms with Gasteiger partial charge in [0, 0.05) is 24.0 Å². The van der Waals surface area contributed by atoms with Gasteiger partial charge in [0.2, 0.25) is 15.9 Å². The molecule has 2 fully saturated rings. The lowest BCUT2D eigenvalue weighted by Gasteiger charge is -2.31. The number of nitrogens with one attached hydrogen (secondary N) is 1. The van der Waals surface area contributed by atoms with Gasteiger partial charge in [0.05, 0.1) is 10.9 Å². The second-order valence-corrected chi connectivity index (χ2v) is 10.4. The summed E-state index contributed by atoms with van der Waals surface area (Å²) >= 11 is 5.98. The van der Waals surface area contributed by atoms with Gasteiger partial charge in [-0.25, -0.2) is 12.8 Å². The van der Waals surface area contributed by atoms with Crippen molar-refractivity contribution in [2.75, 3.05) is 13.1 Å². The molecule has 1 saturated carbocycles. The first-order chi connectivity index (χ1) is 14.3. The molecule has 0 unspecified atom stereocenters. The van der Waals surface area contributed by atoms with E-state index in [9.17, 15) is 17.6 Å². The monoisotopic (exact) mass is 450 g/mol. The number of carbonyl (C=O) groups is 1. The molecule has 0 spiro atoms. The highest BCUT2D eigenvalue weighted by Crippen LogP contribution is 2.41. The zero-order valence-corrected chi connectivity index (χ0v) is 18.0. The maximum Gasteiger partial charge on any atom is 0.243 e. The van der Waals surface area contributed by atoms with Crippen molar-refractivity contribution in [1.82, 2.24) is 9.62 Å². The Balaban J connectivity index is 1.38. The lowest BCUT2D eigenvalue weighted by atomic mass is 9.95. The van der Waals surface area contributed by atoms with Crippen LogP contribution in [0.15, 0.2) is 53.4 Å². The molecule has 1 atom stereocenters. The van der Waals surface area contributed by atoms with E-state index in [1.54, 1.807) is 0 Å². The zero-order chi connectivity index (χ0) is 21.3. The second kappa shape index (κ2) is 8.65. The van der Waals surface area contributed by atoms with Gasteiger partial charge in [-0.3, -0.25) is 4.79 Å². The largest absolute Gasteiger partial charge is 0.349 e. The van der Waals surface area contributed by atoms with E-state index in [0.29, 0.717) is 23.8 Å². The summed E-state index contributed by atoms with van der Waals surface area (Å²) in [4.78, 5) is 13.0. The van der Waals surface area contributed by atoms with Crippen LogP contribution in [-0.2, 0) is 14.8 Å². The molecule has 2 aliphatic rings. The summed E-state index contributed by atoms with van der Waals surface area (Å²) in [6.07, 6.45) is 3.10. The first-order valence-electron chi connectivity index (χ1n) is 10.2. The first-order valence-corrected chi connectivity index (χ1v) is 12.0. The Hall–Kier alpha value is -1.96. The molecule has 0 radical (unpaired) electrons. The van der Waals surface area contributed by atoms with Crippen molar-refractivity contribution in [3.8, 4) is 0 Å².